The average Bonchev–Trinajstić information content (AvgIpc) is 2.33. The second-order valence-electron chi connectivity index (χ2n) is 3.79. The maximum Gasteiger partial charge on any atom is 0.133 e. The quantitative estimate of drug-likeness (QED) is 0.832. The van der Waals surface area contributed by atoms with E-state index >= 15 is 0 Å². The van der Waals surface area contributed by atoms with E-state index in [1.165, 1.54) is 0 Å². The highest BCUT2D eigenvalue weighted by Gasteiger charge is 2.09. The van der Waals surface area contributed by atoms with Crippen LogP contribution >= 0.6 is 23.8 Å². The van der Waals surface area contributed by atoms with Crippen molar-refractivity contribution < 1.29 is 0 Å². The van der Waals surface area contributed by atoms with Crippen molar-refractivity contribution in [2.24, 2.45) is 0 Å². The molecule has 0 saturated carbocycles. The predicted molar refractivity (Wildman–Crippen MR) is 73.9 cm³/mol. The summed E-state index contributed by atoms with van der Waals surface area (Å²) in [6.45, 7) is 2.12. The lowest BCUT2D eigenvalue weighted by molar-refractivity contribution is 0.898. The average molecular weight is 265 g/mol. The van der Waals surface area contributed by atoms with Crippen molar-refractivity contribution in [2.75, 3.05) is 0 Å². The van der Waals surface area contributed by atoms with Gasteiger partial charge in [0.1, 0.15) is 4.64 Å². The molecule has 0 fully saturated rings. The normalized spacial score (nSPS) is 10.5. The predicted octanol–water partition coefficient (Wildman–Crippen LogP) is 4.41. The van der Waals surface area contributed by atoms with Crippen LogP contribution in [0.4, 0.5) is 0 Å². The van der Waals surface area contributed by atoms with Crippen molar-refractivity contribution in [3.8, 4) is 11.3 Å². The molecule has 0 spiro atoms. The molecule has 0 aliphatic carbocycles. The van der Waals surface area contributed by atoms with E-state index in [2.05, 4.69) is 16.9 Å². The van der Waals surface area contributed by atoms with Crippen LogP contribution in [0.5, 0.6) is 0 Å². The second-order valence-corrected chi connectivity index (χ2v) is 4.58. The first-order valence-corrected chi connectivity index (χ1v) is 6.34. The monoisotopic (exact) mass is 264 g/mol. The maximum absolute atomic E-state index is 6.21. The van der Waals surface area contributed by atoms with Gasteiger partial charge in [-0.2, -0.15) is 0 Å². The van der Waals surface area contributed by atoms with Crippen molar-refractivity contribution in [3.63, 3.8) is 0 Å². The Labute approximate surface area is 111 Å². The van der Waals surface area contributed by atoms with E-state index in [0.717, 1.165) is 34.7 Å². The van der Waals surface area contributed by atoms with Crippen LogP contribution in [0.3, 0.4) is 0 Å². The molecular formula is C13H13ClN2S. The molecule has 0 amide bonds. The third-order valence-electron chi connectivity index (χ3n) is 2.59. The minimum absolute atomic E-state index is 0.653. The second kappa shape index (κ2) is 5.43. The Morgan fingerprint density at radius 3 is 2.82 bits per heavy atom. The topological polar surface area (TPSA) is 28.7 Å². The van der Waals surface area contributed by atoms with Crippen molar-refractivity contribution in [3.05, 3.63) is 45.8 Å². The van der Waals surface area contributed by atoms with Gasteiger partial charge >= 0.3 is 0 Å². The van der Waals surface area contributed by atoms with Gasteiger partial charge in [-0.15, -0.1) is 0 Å². The number of aromatic nitrogens is 2. The van der Waals surface area contributed by atoms with Crippen LogP contribution in [0.25, 0.3) is 11.3 Å². The number of nitrogens with one attached hydrogen (secondary N) is 1. The maximum atomic E-state index is 6.21. The zero-order valence-corrected chi connectivity index (χ0v) is 11.1. The summed E-state index contributed by atoms with van der Waals surface area (Å²) >= 11 is 11.5. The first-order valence-electron chi connectivity index (χ1n) is 5.55. The number of H-pyrrole nitrogens is 1. The Morgan fingerprint density at radius 2 is 2.12 bits per heavy atom. The minimum atomic E-state index is 0.653. The van der Waals surface area contributed by atoms with Crippen LogP contribution in [0, 0.1) is 4.64 Å². The van der Waals surface area contributed by atoms with Crippen molar-refractivity contribution in [1.82, 2.24) is 9.97 Å². The number of benzene rings is 1. The molecule has 88 valence electrons. The van der Waals surface area contributed by atoms with E-state index in [4.69, 9.17) is 23.8 Å². The molecule has 0 unspecified atom stereocenters. The van der Waals surface area contributed by atoms with Crippen LogP contribution in [-0.2, 0) is 6.42 Å². The molecule has 0 radical (unpaired) electrons. The summed E-state index contributed by atoms with van der Waals surface area (Å²) in [6, 6.07) is 7.75. The highest BCUT2D eigenvalue weighted by molar-refractivity contribution is 7.71. The van der Waals surface area contributed by atoms with Crippen molar-refractivity contribution in [1.29, 1.82) is 0 Å². The largest absolute Gasteiger partial charge is 0.345 e. The lowest BCUT2D eigenvalue weighted by Gasteiger charge is -2.09. The van der Waals surface area contributed by atoms with E-state index in [-0.39, 0.29) is 0 Å². The molecule has 0 bridgehead atoms. The summed E-state index contributed by atoms with van der Waals surface area (Å²) in [6.07, 6.45) is 3.56. The minimum Gasteiger partial charge on any atom is -0.345 e. The summed E-state index contributed by atoms with van der Waals surface area (Å²) in [4.78, 5) is 7.29. The molecule has 0 atom stereocenters. The van der Waals surface area contributed by atoms with Gasteiger partial charge in [0.05, 0.1) is 12.0 Å². The molecule has 2 rings (SSSR count). The molecule has 2 nitrogen and oxygen atoms in total. The molecule has 0 aliphatic rings. The van der Waals surface area contributed by atoms with Gasteiger partial charge in [-0.05, 0) is 12.5 Å². The number of hydrogen-bond donors (Lipinski definition) is 1. The van der Waals surface area contributed by atoms with Crippen LogP contribution in [0.15, 0.2) is 30.6 Å². The van der Waals surface area contributed by atoms with Crippen LogP contribution in [0.2, 0.25) is 5.02 Å². The molecule has 1 heterocycles. The molecule has 1 aromatic heterocycles. The smallest absolute Gasteiger partial charge is 0.133 e. The van der Waals surface area contributed by atoms with E-state index < -0.39 is 0 Å². The number of hydrogen-bond acceptors (Lipinski definition) is 2. The van der Waals surface area contributed by atoms with Crippen LogP contribution in [0.1, 0.15) is 18.9 Å². The first kappa shape index (κ1) is 12.3. The summed E-state index contributed by atoms with van der Waals surface area (Å²) < 4.78 is 0.653. The number of rotatable bonds is 3. The molecule has 4 heteroatoms. The van der Waals surface area contributed by atoms with Gasteiger partial charge in [0.15, 0.2) is 0 Å². The molecule has 2 aromatic rings. The Balaban J connectivity index is 2.63. The van der Waals surface area contributed by atoms with Gasteiger partial charge in [-0.25, -0.2) is 4.98 Å². The first-order chi connectivity index (χ1) is 8.24. The molecule has 17 heavy (non-hydrogen) atoms. The standard InChI is InChI=1S/C13H13ClN2S/c1-2-5-10-12(15-8-16-13(10)17)9-6-3-4-7-11(9)14/h3-4,6-8H,2,5H2,1H3,(H,15,16,17). The van der Waals surface area contributed by atoms with Gasteiger partial charge in [0, 0.05) is 16.1 Å². The summed E-state index contributed by atoms with van der Waals surface area (Å²) in [5.41, 5.74) is 3.03. The van der Waals surface area contributed by atoms with Crippen LogP contribution < -0.4 is 0 Å². The van der Waals surface area contributed by atoms with Crippen molar-refractivity contribution in [2.45, 2.75) is 19.8 Å². The third-order valence-corrected chi connectivity index (χ3v) is 3.28. The number of aromatic amines is 1. The van der Waals surface area contributed by atoms with Gasteiger partial charge < -0.3 is 4.98 Å². The van der Waals surface area contributed by atoms with Gasteiger partial charge in [0.25, 0.3) is 0 Å². The molecule has 1 N–H and O–H groups in total. The Hall–Kier alpha value is -1.19. The summed E-state index contributed by atoms with van der Waals surface area (Å²) in [5, 5.41) is 0.724. The fourth-order valence-corrected chi connectivity index (χ4v) is 2.30. The van der Waals surface area contributed by atoms with E-state index in [0.29, 0.717) is 4.64 Å². The van der Waals surface area contributed by atoms with Crippen molar-refractivity contribution >= 4 is 23.8 Å². The zero-order valence-electron chi connectivity index (χ0n) is 9.53. The lowest BCUT2D eigenvalue weighted by Crippen LogP contribution is -1.97. The fraction of sp³-hybridized carbons (Fsp3) is 0.231. The highest BCUT2D eigenvalue weighted by atomic mass is 35.5. The van der Waals surface area contributed by atoms with Gasteiger partial charge in [-0.1, -0.05) is 55.4 Å². The summed E-state index contributed by atoms with van der Waals surface area (Å²) in [7, 11) is 0. The van der Waals surface area contributed by atoms with Crippen LogP contribution in [-0.4, -0.2) is 9.97 Å². The fourth-order valence-electron chi connectivity index (χ4n) is 1.81. The zero-order chi connectivity index (χ0) is 12.3. The van der Waals surface area contributed by atoms with Gasteiger partial charge in [-0.3, -0.25) is 0 Å². The lowest BCUT2D eigenvalue weighted by atomic mass is 10.0. The highest BCUT2D eigenvalue weighted by Crippen LogP contribution is 2.29. The number of nitrogens with zero attached hydrogens (tertiary/aromatic N) is 1. The third kappa shape index (κ3) is 2.56. The molecule has 0 aliphatic heterocycles. The Morgan fingerprint density at radius 1 is 1.35 bits per heavy atom. The summed E-state index contributed by atoms with van der Waals surface area (Å²) in [5.74, 6) is 0. The molecule has 1 aromatic carbocycles. The van der Waals surface area contributed by atoms with E-state index in [1.54, 1.807) is 6.33 Å². The SMILES string of the molecule is CCCc1c(-c2ccccc2Cl)[nH]cnc1=S. The van der Waals surface area contributed by atoms with Gasteiger partial charge in [0.2, 0.25) is 0 Å². The molecular weight excluding hydrogens is 252 g/mol. The Bertz CT molecular complexity index is 578. The van der Waals surface area contributed by atoms with E-state index in [1.807, 2.05) is 24.3 Å². The number of halogens is 1. The van der Waals surface area contributed by atoms with E-state index in [9.17, 15) is 0 Å². The molecule has 0 saturated heterocycles. The Kier molecular flexibility index (Phi) is 3.92.